The van der Waals surface area contributed by atoms with Crippen molar-refractivity contribution in [2.45, 2.75) is 20.8 Å². The predicted molar refractivity (Wildman–Crippen MR) is 124 cm³/mol. The number of rotatable bonds is 7. The van der Waals surface area contributed by atoms with Gasteiger partial charge in [-0.3, -0.25) is 14.5 Å². The van der Waals surface area contributed by atoms with E-state index in [1.807, 2.05) is 74.7 Å². The Morgan fingerprint density at radius 1 is 0.903 bits per heavy atom. The number of thiophene rings is 1. The van der Waals surface area contributed by atoms with Gasteiger partial charge in [-0.2, -0.15) is 0 Å². The lowest BCUT2D eigenvalue weighted by atomic mass is 10.1. The minimum absolute atomic E-state index is 0.179. The first-order valence-corrected chi connectivity index (χ1v) is 11.0. The Balaban J connectivity index is 1.54. The fourth-order valence-electron chi connectivity index (χ4n) is 3.60. The van der Waals surface area contributed by atoms with Crippen LogP contribution in [0.15, 0.2) is 65.7 Å². The van der Waals surface area contributed by atoms with Gasteiger partial charge in [-0.05, 0) is 67.6 Å². The number of hydrogen-bond acceptors (Lipinski definition) is 5. The van der Waals surface area contributed by atoms with Gasteiger partial charge in [0.15, 0.2) is 0 Å². The minimum atomic E-state index is -0.335. The molecule has 2 amide bonds. The molecule has 5 nitrogen and oxygen atoms in total. The molecule has 1 N–H and O–H groups in total. The van der Waals surface area contributed by atoms with E-state index in [0.717, 1.165) is 33.0 Å². The van der Waals surface area contributed by atoms with Crippen LogP contribution in [0.25, 0.3) is 5.57 Å². The number of benzene rings is 2. The maximum Gasteiger partial charge on any atom is 0.278 e. The number of carbonyl (C=O) groups excluding carboxylic acids is 2. The Hall–Kier alpha value is -3.38. The molecule has 0 bridgehead atoms. The summed E-state index contributed by atoms with van der Waals surface area (Å²) in [5.41, 5.74) is 4.82. The molecule has 0 unspecified atom stereocenters. The van der Waals surface area contributed by atoms with E-state index in [1.165, 1.54) is 16.2 Å². The van der Waals surface area contributed by atoms with Crippen molar-refractivity contribution in [1.82, 2.24) is 4.90 Å². The average Bonchev–Trinajstić information content (AvgIpc) is 3.32. The molecule has 1 aromatic heterocycles. The van der Waals surface area contributed by atoms with E-state index in [4.69, 9.17) is 4.74 Å². The fraction of sp³-hybridized carbons (Fsp3) is 0.200. The summed E-state index contributed by atoms with van der Waals surface area (Å²) in [5.74, 6) is 0.102. The first-order valence-electron chi connectivity index (χ1n) is 10.1. The summed E-state index contributed by atoms with van der Waals surface area (Å²) in [6.07, 6.45) is 0. The van der Waals surface area contributed by atoms with E-state index in [2.05, 4.69) is 11.4 Å². The normalized spacial score (nSPS) is 13.8. The molecule has 31 heavy (non-hydrogen) atoms. The van der Waals surface area contributed by atoms with Gasteiger partial charge in [-0.1, -0.05) is 29.8 Å². The van der Waals surface area contributed by atoms with E-state index in [9.17, 15) is 9.59 Å². The number of aryl methyl sites for hydroxylation is 3. The van der Waals surface area contributed by atoms with E-state index >= 15 is 0 Å². The minimum Gasteiger partial charge on any atom is -0.492 e. The molecule has 4 rings (SSSR count). The Kier molecular flexibility index (Phi) is 5.91. The second-order valence-corrected chi connectivity index (χ2v) is 8.60. The number of hydrogen-bond donors (Lipinski definition) is 1. The van der Waals surface area contributed by atoms with Gasteiger partial charge in [0.05, 0.1) is 12.1 Å². The van der Waals surface area contributed by atoms with Crippen LogP contribution in [0.1, 0.15) is 21.6 Å². The molecule has 0 saturated heterocycles. The van der Waals surface area contributed by atoms with Crippen LogP contribution in [0.3, 0.4) is 0 Å². The Morgan fingerprint density at radius 2 is 1.61 bits per heavy atom. The Bertz CT molecular complexity index is 1130. The first kappa shape index (κ1) is 20.9. The highest BCUT2D eigenvalue weighted by molar-refractivity contribution is 7.11. The number of nitrogens with zero attached hydrogens (tertiary/aromatic N) is 1. The third-order valence-electron chi connectivity index (χ3n) is 5.04. The maximum atomic E-state index is 13.2. The van der Waals surface area contributed by atoms with E-state index < -0.39 is 0 Å². The molecule has 0 saturated carbocycles. The van der Waals surface area contributed by atoms with Gasteiger partial charge < -0.3 is 10.1 Å². The molecule has 1 aliphatic heterocycles. The number of imide groups is 1. The van der Waals surface area contributed by atoms with Crippen molar-refractivity contribution in [3.8, 4) is 5.75 Å². The largest absolute Gasteiger partial charge is 0.492 e. The van der Waals surface area contributed by atoms with E-state index in [-0.39, 0.29) is 25.0 Å². The summed E-state index contributed by atoms with van der Waals surface area (Å²) in [6, 6.07) is 17.4. The highest BCUT2D eigenvalue weighted by Gasteiger charge is 2.39. The van der Waals surface area contributed by atoms with Crippen LogP contribution in [0.5, 0.6) is 5.75 Å². The summed E-state index contributed by atoms with van der Waals surface area (Å²) in [6.45, 7) is 6.43. The number of ether oxygens (including phenoxy) is 1. The van der Waals surface area contributed by atoms with Gasteiger partial charge in [0, 0.05) is 10.6 Å². The van der Waals surface area contributed by atoms with Crippen LogP contribution < -0.4 is 10.1 Å². The van der Waals surface area contributed by atoms with Gasteiger partial charge in [0.1, 0.15) is 18.1 Å². The van der Waals surface area contributed by atoms with Crippen LogP contribution in [-0.2, 0) is 9.59 Å². The Morgan fingerprint density at radius 3 is 2.26 bits per heavy atom. The first-order chi connectivity index (χ1) is 14.9. The summed E-state index contributed by atoms with van der Waals surface area (Å²) >= 11 is 1.44. The smallest absolute Gasteiger partial charge is 0.278 e. The van der Waals surface area contributed by atoms with Crippen LogP contribution >= 0.6 is 11.3 Å². The maximum absolute atomic E-state index is 13.2. The highest BCUT2D eigenvalue weighted by Crippen LogP contribution is 2.32. The molecule has 158 valence electrons. The Labute approximate surface area is 186 Å². The van der Waals surface area contributed by atoms with Crippen LogP contribution in [-0.4, -0.2) is 29.9 Å². The summed E-state index contributed by atoms with van der Waals surface area (Å²) in [7, 11) is 0. The molecular formula is C25H24N2O3S. The molecule has 2 heterocycles. The highest BCUT2D eigenvalue weighted by atomic mass is 32.1. The topological polar surface area (TPSA) is 58.6 Å². The van der Waals surface area contributed by atoms with Crippen molar-refractivity contribution >= 4 is 34.4 Å². The summed E-state index contributed by atoms with van der Waals surface area (Å²) in [5, 5.41) is 5.07. The molecule has 0 aliphatic carbocycles. The quantitative estimate of drug-likeness (QED) is 0.537. The van der Waals surface area contributed by atoms with Gasteiger partial charge in [0.25, 0.3) is 11.8 Å². The predicted octanol–water partition coefficient (Wildman–Crippen LogP) is 4.94. The number of nitrogens with one attached hydrogen (secondary N) is 1. The van der Waals surface area contributed by atoms with E-state index in [1.54, 1.807) is 0 Å². The zero-order chi connectivity index (χ0) is 22.0. The monoisotopic (exact) mass is 432 g/mol. The van der Waals surface area contributed by atoms with Gasteiger partial charge in [-0.15, -0.1) is 11.3 Å². The lowest BCUT2D eigenvalue weighted by molar-refractivity contribution is -0.137. The number of carbonyl (C=O) groups is 2. The number of anilines is 1. The molecular weight excluding hydrogens is 408 g/mol. The molecule has 0 radical (unpaired) electrons. The molecule has 6 heteroatoms. The van der Waals surface area contributed by atoms with Gasteiger partial charge >= 0.3 is 0 Å². The third kappa shape index (κ3) is 4.54. The van der Waals surface area contributed by atoms with Gasteiger partial charge in [-0.25, -0.2) is 0 Å². The van der Waals surface area contributed by atoms with Crippen LogP contribution in [0, 0.1) is 20.8 Å². The standard InChI is InChI=1S/C25H24N2O3S/c1-16-6-8-19(9-7-16)26-23-22(21-5-4-12-31-21)24(28)27(25(23)29)10-11-30-20-14-17(2)13-18(3)15-20/h4-9,12-15,26H,10-11H2,1-3H3. The molecule has 0 spiro atoms. The van der Waals surface area contributed by atoms with E-state index in [0.29, 0.717) is 11.3 Å². The second kappa shape index (κ2) is 8.78. The summed E-state index contributed by atoms with van der Waals surface area (Å²) in [4.78, 5) is 28.4. The van der Waals surface area contributed by atoms with Crippen molar-refractivity contribution in [2.24, 2.45) is 0 Å². The lowest BCUT2D eigenvalue weighted by Gasteiger charge is -2.16. The molecule has 0 atom stereocenters. The van der Waals surface area contributed by atoms with Crippen molar-refractivity contribution in [3.05, 3.63) is 87.2 Å². The fourth-order valence-corrected chi connectivity index (χ4v) is 4.36. The number of amides is 2. The van der Waals surface area contributed by atoms with Gasteiger partial charge in [0.2, 0.25) is 0 Å². The van der Waals surface area contributed by atoms with Crippen LogP contribution in [0.2, 0.25) is 0 Å². The zero-order valence-corrected chi connectivity index (χ0v) is 18.6. The molecule has 1 aliphatic rings. The van der Waals surface area contributed by atoms with Crippen molar-refractivity contribution in [2.75, 3.05) is 18.5 Å². The molecule has 3 aromatic rings. The molecule has 0 fully saturated rings. The second-order valence-electron chi connectivity index (χ2n) is 7.65. The third-order valence-corrected chi connectivity index (χ3v) is 5.92. The average molecular weight is 433 g/mol. The van der Waals surface area contributed by atoms with Crippen molar-refractivity contribution < 1.29 is 14.3 Å². The SMILES string of the molecule is Cc1ccc(NC2=C(c3cccs3)C(=O)N(CCOc3cc(C)cc(C)c3)C2=O)cc1. The lowest BCUT2D eigenvalue weighted by Crippen LogP contribution is -2.36. The molecule has 2 aromatic carbocycles. The van der Waals surface area contributed by atoms with Crippen molar-refractivity contribution in [1.29, 1.82) is 0 Å². The zero-order valence-electron chi connectivity index (χ0n) is 17.8. The van der Waals surface area contributed by atoms with Crippen molar-refractivity contribution in [3.63, 3.8) is 0 Å². The summed E-state index contributed by atoms with van der Waals surface area (Å²) < 4.78 is 5.84. The van der Waals surface area contributed by atoms with Crippen LogP contribution in [0.4, 0.5) is 5.69 Å².